The zero-order valence-electron chi connectivity index (χ0n) is 17.9. The molecule has 0 aliphatic carbocycles. The van der Waals surface area contributed by atoms with Crippen LogP contribution in [0.5, 0.6) is 0 Å². The van der Waals surface area contributed by atoms with Gasteiger partial charge in [-0.05, 0) is 33.6 Å². The Bertz CT molecular complexity index is 1090. The second-order valence-electron chi connectivity index (χ2n) is 8.39. The summed E-state index contributed by atoms with van der Waals surface area (Å²) in [4.78, 5) is 28.0. The van der Waals surface area contributed by atoms with E-state index in [-0.39, 0.29) is 18.4 Å². The highest BCUT2D eigenvalue weighted by Crippen LogP contribution is 2.32. The zero-order valence-corrected chi connectivity index (χ0v) is 17.9. The van der Waals surface area contributed by atoms with Crippen LogP contribution in [0.15, 0.2) is 35.1 Å². The fourth-order valence-corrected chi connectivity index (χ4v) is 3.94. The van der Waals surface area contributed by atoms with Crippen LogP contribution in [0.3, 0.4) is 0 Å². The summed E-state index contributed by atoms with van der Waals surface area (Å²) in [5.41, 5.74) is 3.81. The van der Waals surface area contributed by atoms with E-state index in [1.165, 1.54) is 0 Å². The summed E-state index contributed by atoms with van der Waals surface area (Å²) in [7, 11) is 0. The third-order valence-electron chi connectivity index (χ3n) is 5.90. The number of H-pyrrole nitrogens is 1. The molecule has 9 heteroatoms. The molecule has 1 unspecified atom stereocenters. The molecule has 0 radical (unpaired) electrons. The van der Waals surface area contributed by atoms with Crippen LogP contribution in [-0.4, -0.2) is 50.3 Å². The van der Waals surface area contributed by atoms with Crippen molar-refractivity contribution in [3.05, 3.63) is 53.0 Å². The Morgan fingerprint density at radius 3 is 2.71 bits per heavy atom. The summed E-state index contributed by atoms with van der Waals surface area (Å²) >= 11 is 0. The van der Waals surface area contributed by atoms with Crippen LogP contribution < -0.4 is 5.32 Å². The molecule has 162 valence electrons. The van der Waals surface area contributed by atoms with Crippen molar-refractivity contribution < 1.29 is 14.2 Å². The average Bonchev–Trinajstić information content (AvgIpc) is 3.41. The summed E-state index contributed by atoms with van der Waals surface area (Å²) in [5.74, 6) is -0.238. The highest BCUT2D eigenvalue weighted by Gasteiger charge is 2.40. The third kappa shape index (κ3) is 4.21. The van der Waals surface area contributed by atoms with Crippen LogP contribution in [-0.2, 0) is 11.3 Å². The average molecular weight is 422 g/mol. The molecule has 1 atom stereocenters. The van der Waals surface area contributed by atoms with E-state index in [1.807, 2.05) is 38.1 Å². The van der Waals surface area contributed by atoms with Gasteiger partial charge in [0, 0.05) is 18.7 Å². The van der Waals surface area contributed by atoms with Crippen LogP contribution in [0.4, 0.5) is 0 Å². The Hall–Kier alpha value is -3.49. The van der Waals surface area contributed by atoms with E-state index in [4.69, 9.17) is 0 Å². The lowest BCUT2D eigenvalue weighted by Crippen LogP contribution is -2.51. The van der Waals surface area contributed by atoms with Crippen molar-refractivity contribution in [1.82, 2.24) is 30.7 Å². The van der Waals surface area contributed by atoms with Crippen molar-refractivity contribution >= 4 is 11.8 Å². The molecule has 2 amide bonds. The van der Waals surface area contributed by atoms with E-state index in [0.717, 1.165) is 17.5 Å². The van der Waals surface area contributed by atoms with Gasteiger partial charge in [-0.1, -0.05) is 40.1 Å². The Morgan fingerprint density at radius 2 is 2.00 bits per heavy atom. The Kier molecular flexibility index (Phi) is 5.58. The van der Waals surface area contributed by atoms with Crippen molar-refractivity contribution in [2.75, 3.05) is 13.1 Å². The molecular weight excluding hydrogens is 396 g/mol. The number of hydrogen-bond acceptors (Lipinski definition) is 6. The summed E-state index contributed by atoms with van der Waals surface area (Å²) in [6, 6.07) is 7.93. The lowest BCUT2D eigenvalue weighted by molar-refractivity contribution is -0.132. The van der Waals surface area contributed by atoms with Gasteiger partial charge in [-0.3, -0.25) is 14.7 Å². The molecule has 1 saturated heterocycles. The van der Waals surface area contributed by atoms with Crippen molar-refractivity contribution in [3.63, 3.8) is 0 Å². The van der Waals surface area contributed by atoms with Gasteiger partial charge in [-0.15, -0.1) is 0 Å². The molecule has 1 aromatic carbocycles. The Labute approximate surface area is 180 Å². The van der Waals surface area contributed by atoms with Gasteiger partial charge in [0.15, 0.2) is 0 Å². The predicted octanol–water partition coefficient (Wildman–Crippen LogP) is 2.64. The van der Waals surface area contributed by atoms with Crippen molar-refractivity contribution in [3.8, 4) is 11.3 Å². The normalized spacial score (nSPS) is 18.7. The van der Waals surface area contributed by atoms with E-state index >= 15 is 0 Å². The van der Waals surface area contributed by atoms with Crippen LogP contribution in [0.2, 0.25) is 0 Å². The number of nitrogens with zero attached hydrogens (tertiary/aromatic N) is 4. The van der Waals surface area contributed by atoms with Gasteiger partial charge in [0.25, 0.3) is 5.91 Å². The Balaban J connectivity index is 1.47. The lowest BCUT2D eigenvalue weighted by Gasteiger charge is -2.39. The predicted molar refractivity (Wildman–Crippen MR) is 113 cm³/mol. The topological polar surface area (TPSA) is 117 Å². The number of nitrogens with one attached hydrogen (secondary N) is 2. The first kappa shape index (κ1) is 20.8. The molecule has 4 rings (SSSR count). The number of rotatable bonds is 5. The molecule has 2 N–H and O–H groups in total. The maximum absolute atomic E-state index is 13.3. The first-order chi connectivity index (χ1) is 14.9. The quantitative estimate of drug-likeness (QED) is 0.653. The molecule has 0 spiro atoms. The standard InChI is InChI=1S/C22H26N6O3/c1-14-5-7-16(8-6-14)19-17(11-24-25-19)20(29)28-10-4-9-22(3,13-28)21(30)23-12-18-15(2)26-31-27-18/h5-8,11H,4,9-10,12-13H2,1-3H3,(H,23,30)(H,24,25). The van der Waals surface area contributed by atoms with Gasteiger partial charge in [0.1, 0.15) is 11.4 Å². The maximum Gasteiger partial charge on any atom is 0.257 e. The highest BCUT2D eigenvalue weighted by atomic mass is 16.6. The smallest absolute Gasteiger partial charge is 0.257 e. The monoisotopic (exact) mass is 422 g/mol. The van der Waals surface area contributed by atoms with Gasteiger partial charge in [0.2, 0.25) is 5.91 Å². The molecule has 2 aromatic heterocycles. The fraction of sp³-hybridized carbons (Fsp3) is 0.409. The number of amides is 2. The first-order valence-electron chi connectivity index (χ1n) is 10.3. The van der Waals surface area contributed by atoms with E-state index in [9.17, 15) is 9.59 Å². The number of hydrogen-bond donors (Lipinski definition) is 2. The number of benzene rings is 1. The van der Waals surface area contributed by atoms with Crippen LogP contribution in [0.25, 0.3) is 11.3 Å². The number of carbonyl (C=O) groups is 2. The van der Waals surface area contributed by atoms with Gasteiger partial charge in [-0.2, -0.15) is 5.10 Å². The largest absolute Gasteiger partial charge is 0.350 e. The molecule has 31 heavy (non-hydrogen) atoms. The molecule has 0 saturated carbocycles. The number of likely N-dealkylation sites (tertiary alicyclic amines) is 1. The van der Waals surface area contributed by atoms with Crippen molar-refractivity contribution in [2.45, 2.75) is 40.2 Å². The SMILES string of the molecule is Cc1ccc(-c2[nH]ncc2C(=O)N2CCCC(C)(C(=O)NCc3nonc3C)C2)cc1. The van der Waals surface area contributed by atoms with E-state index in [0.29, 0.717) is 42.2 Å². The number of aromatic amines is 1. The fourth-order valence-electron chi connectivity index (χ4n) is 3.94. The molecule has 3 heterocycles. The third-order valence-corrected chi connectivity index (χ3v) is 5.90. The van der Waals surface area contributed by atoms with Gasteiger partial charge in [0.05, 0.1) is 29.4 Å². The van der Waals surface area contributed by atoms with Gasteiger partial charge >= 0.3 is 0 Å². The number of piperidine rings is 1. The maximum atomic E-state index is 13.3. The Morgan fingerprint density at radius 1 is 1.23 bits per heavy atom. The molecule has 0 bridgehead atoms. The number of aryl methyl sites for hydroxylation is 2. The minimum Gasteiger partial charge on any atom is -0.350 e. The second kappa shape index (κ2) is 8.33. The van der Waals surface area contributed by atoms with Crippen molar-refractivity contribution in [1.29, 1.82) is 0 Å². The molecule has 3 aromatic rings. The van der Waals surface area contributed by atoms with Crippen LogP contribution in [0, 0.1) is 19.3 Å². The lowest BCUT2D eigenvalue weighted by atomic mass is 9.80. The molecule has 9 nitrogen and oxygen atoms in total. The molecular formula is C22H26N6O3. The minimum absolute atomic E-state index is 0.113. The number of carbonyl (C=O) groups excluding carboxylic acids is 2. The number of aromatic nitrogens is 4. The second-order valence-corrected chi connectivity index (χ2v) is 8.39. The molecule has 1 aliphatic rings. The van der Waals surface area contributed by atoms with Crippen LogP contribution >= 0.6 is 0 Å². The molecule has 1 aliphatic heterocycles. The van der Waals surface area contributed by atoms with E-state index < -0.39 is 5.41 Å². The van der Waals surface area contributed by atoms with Gasteiger partial charge in [-0.25, -0.2) is 4.63 Å². The first-order valence-corrected chi connectivity index (χ1v) is 10.3. The summed E-state index contributed by atoms with van der Waals surface area (Å²) in [6.45, 7) is 6.88. The highest BCUT2D eigenvalue weighted by molar-refractivity contribution is 6.00. The van der Waals surface area contributed by atoms with Crippen LogP contribution in [0.1, 0.15) is 47.1 Å². The zero-order chi connectivity index (χ0) is 22.0. The summed E-state index contributed by atoms with van der Waals surface area (Å²) < 4.78 is 4.68. The van der Waals surface area contributed by atoms with Crippen molar-refractivity contribution in [2.24, 2.45) is 5.41 Å². The summed E-state index contributed by atoms with van der Waals surface area (Å²) in [6.07, 6.45) is 3.01. The van der Waals surface area contributed by atoms with E-state index in [1.54, 1.807) is 18.0 Å². The minimum atomic E-state index is -0.688. The van der Waals surface area contributed by atoms with Gasteiger partial charge < -0.3 is 10.2 Å². The molecule has 1 fully saturated rings. The summed E-state index contributed by atoms with van der Waals surface area (Å²) in [5, 5.41) is 17.5. The van der Waals surface area contributed by atoms with E-state index in [2.05, 4.69) is 30.5 Å².